The summed E-state index contributed by atoms with van der Waals surface area (Å²) in [5, 5.41) is 1.58. The summed E-state index contributed by atoms with van der Waals surface area (Å²) in [7, 11) is -1.78. The quantitative estimate of drug-likeness (QED) is 0.685. The van der Waals surface area contributed by atoms with Gasteiger partial charge in [0.15, 0.2) is 10.7 Å². The summed E-state index contributed by atoms with van der Waals surface area (Å²) in [6.07, 6.45) is 6.06. The minimum atomic E-state index is -3.53. The van der Waals surface area contributed by atoms with Gasteiger partial charge in [-0.15, -0.1) is 0 Å². The molecule has 0 amide bonds. The van der Waals surface area contributed by atoms with E-state index in [1.165, 1.54) is 16.8 Å². The van der Waals surface area contributed by atoms with Crippen LogP contribution >= 0.6 is 11.6 Å². The van der Waals surface area contributed by atoms with Crippen molar-refractivity contribution >= 4 is 32.7 Å². The van der Waals surface area contributed by atoms with Gasteiger partial charge in [0, 0.05) is 49.5 Å². The van der Waals surface area contributed by atoms with E-state index in [1.54, 1.807) is 17.8 Å². The number of fused-ring (bicyclic) bond motifs is 1. The van der Waals surface area contributed by atoms with Crippen molar-refractivity contribution in [3.05, 3.63) is 47.6 Å². The van der Waals surface area contributed by atoms with E-state index < -0.39 is 10.0 Å². The van der Waals surface area contributed by atoms with Crippen molar-refractivity contribution in [2.24, 2.45) is 7.05 Å². The first-order valence-corrected chi connectivity index (χ1v) is 10.2. The van der Waals surface area contributed by atoms with Crippen LogP contribution in [0.25, 0.3) is 11.0 Å². The van der Waals surface area contributed by atoms with E-state index in [1.807, 2.05) is 18.2 Å². The Kier molecular flexibility index (Phi) is 4.42. The number of imidazole rings is 1. The molecule has 0 atom stereocenters. The summed E-state index contributed by atoms with van der Waals surface area (Å²) in [6, 6.07) is 5.78. The van der Waals surface area contributed by atoms with Crippen LogP contribution in [0.1, 0.15) is 24.5 Å². The smallest absolute Gasteiger partial charge is 0.262 e. The van der Waals surface area contributed by atoms with Crippen LogP contribution < -0.4 is 0 Å². The van der Waals surface area contributed by atoms with Gasteiger partial charge in [0.25, 0.3) is 10.0 Å². The summed E-state index contributed by atoms with van der Waals surface area (Å²) >= 11 is 5.96. The van der Waals surface area contributed by atoms with Crippen molar-refractivity contribution in [3.63, 3.8) is 0 Å². The van der Waals surface area contributed by atoms with Gasteiger partial charge in [-0.05, 0) is 31.0 Å². The lowest BCUT2D eigenvalue weighted by Gasteiger charge is -2.30. The summed E-state index contributed by atoms with van der Waals surface area (Å²) in [6.45, 7) is 0.911. The molecule has 4 rings (SSSR count). The van der Waals surface area contributed by atoms with E-state index in [0.29, 0.717) is 23.8 Å². The zero-order valence-corrected chi connectivity index (χ0v) is 15.8. The fraction of sp³-hybridized carbons (Fsp3) is 0.353. The van der Waals surface area contributed by atoms with Gasteiger partial charge in [0.05, 0.1) is 11.3 Å². The molecule has 3 aromatic heterocycles. The second-order valence-corrected chi connectivity index (χ2v) is 8.81. The highest BCUT2D eigenvalue weighted by Crippen LogP contribution is 2.30. The van der Waals surface area contributed by atoms with Crippen molar-refractivity contribution in [3.8, 4) is 0 Å². The predicted octanol–water partition coefficient (Wildman–Crippen LogP) is 2.59. The summed E-state index contributed by atoms with van der Waals surface area (Å²) in [4.78, 5) is 12.9. The Morgan fingerprint density at radius 1 is 1.19 bits per heavy atom. The van der Waals surface area contributed by atoms with E-state index >= 15 is 0 Å². The highest BCUT2D eigenvalue weighted by molar-refractivity contribution is 7.89. The van der Waals surface area contributed by atoms with Gasteiger partial charge in [-0.25, -0.2) is 23.4 Å². The van der Waals surface area contributed by atoms with E-state index in [-0.39, 0.29) is 10.9 Å². The summed E-state index contributed by atoms with van der Waals surface area (Å²) in [5.41, 5.74) is 1.61. The van der Waals surface area contributed by atoms with Crippen LogP contribution in [-0.4, -0.2) is 45.3 Å². The van der Waals surface area contributed by atoms with Crippen molar-refractivity contribution < 1.29 is 8.42 Å². The summed E-state index contributed by atoms with van der Waals surface area (Å²) in [5.74, 6) is 0.215. The Balaban J connectivity index is 1.50. The second-order valence-electron chi connectivity index (χ2n) is 6.49. The number of rotatable bonds is 3. The van der Waals surface area contributed by atoms with Crippen LogP contribution in [0.5, 0.6) is 0 Å². The monoisotopic (exact) mass is 391 g/mol. The maximum atomic E-state index is 12.7. The normalized spacial score (nSPS) is 17.0. The first kappa shape index (κ1) is 17.4. The Morgan fingerprint density at radius 2 is 1.96 bits per heavy atom. The Labute approximate surface area is 156 Å². The average molecular weight is 392 g/mol. The van der Waals surface area contributed by atoms with Crippen LogP contribution in [0.15, 0.2) is 41.9 Å². The van der Waals surface area contributed by atoms with Gasteiger partial charge in [-0.3, -0.25) is 0 Å². The van der Waals surface area contributed by atoms with Gasteiger partial charge < -0.3 is 4.57 Å². The third-order valence-electron chi connectivity index (χ3n) is 4.69. The molecule has 3 aromatic rings. The van der Waals surface area contributed by atoms with E-state index in [4.69, 9.17) is 11.6 Å². The van der Waals surface area contributed by atoms with Crippen molar-refractivity contribution in [2.75, 3.05) is 13.1 Å². The number of aryl methyl sites for hydroxylation is 1. The maximum absolute atomic E-state index is 12.7. The zero-order chi connectivity index (χ0) is 18.3. The standard InChI is InChI=1S/C17H18ClN5O2S/c1-22-10-16(20-11-22)26(24,25)23-6-4-12(5-7-23)15-3-2-13-8-14(18)9-19-17(13)21-15/h2-3,8-12H,4-7H2,1H3. The van der Waals surface area contributed by atoms with Crippen LogP contribution in [0.2, 0.25) is 5.02 Å². The van der Waals surface area contributed by atoms with Crippen LogP contribution in [0, 0.1) is 0 Å². The molecule has 1 aliphatic rings. The average Bonchev–Trinajstić information content (AvgIpc) is 3.09. The largest absolute Gasteiger partial charge is 0.339 e. The minimum Gasteiger partial charge on any atom is -0.339 e. The molecule has 7 nitrogen and oxygen atoms in total. The Bertz CT molecular complexity index is 1060. The number of nitrogens with zero attached hydrogens (tertiary/aromatic N) is 5. The number of piperidine rings is 1. The van der Waals surface area contributed by atoms with Gasteiger partial charge in [0.1, 0.15) is 0 Å². The molecule has 0 N–H and O–H groups in total. The number of aromatic nitrogens is 4. The van der Waals surface area contributed by atoms with Crippen LogP contribution in [0.4, 0.5) is 0 Å². The molecule has 1 aliphatic heterocycles. The lowest BCUT2D eigenvalue weighted by Crippen LogP contribution is -2.38. The van der Waals surface area contributed by atoms with Crippen molar-refractivity contribution in [1.82, 2.24) is 23.8 Å². The highest BCUT2D eigenvalue weighted by atomic mass is 35.5. The molecule has 1 saturated heterocycles. The van der Waals surface area contributed by atoms with Gasteiger partial charge >= 0.3 is 0 Å². The van der Waals surface area contributed by atoms with Crippen molar-refractivity contribution in [2.45, 2.75) is 23.8 Å². The Morgan fingerprint density at radius 3 is 2.65 bits per heavy atom. The van der Waals surface area contributed by atoms with Crippen LogP contribution in [-0.2, 0) is 17.1 Å². The molecule has 1 fully saturated rings. The second kappa shape index (κ2) is 6.61. The molecule has 9 heteroatoms. The van der Waals surface area contributed by atoms with Crippen LogP contribution in [0.3, 0.4) is 0 Å². The zero-order valence-electron chi connectivity index (χ0n) is 14.2. The summed E-state index contributed by atoms with van der Waals surface area (Å²) < 4.78 is 28.5. The molecule has 26 heavy (non-hydrogen) atoms. The maximum Gasteiger partial charge on any atom is 0.262 e. The molecule has 0 aromatic carbocycles. The van der Waals surface area contributed by atoms with Gasteiger partial charge in [-0.1, -0.05) is 11.6 Å². The molecule has 0 aliphatic carbocycles. The third kappa shape index (κ3) is 3.20. The van der Waals surface area contributed by atoms with Gasteiger partial charge in [0.2, 0.25) is 0 Å². The molecule has 0 unspecified atom stereocenters. The fourth-order valence-corrected chi connectivity index (χ4v) is 4.87. The number of hydrogen-bond acceptors (Lipinski definition) is 5. The molecular formula is C17H18ClN5O2S. The number of hydrogen-bond donors (Lipinski definition) is 0. The molecule has 0 radical (unpaired) electrons. The van der Waals surface area contributed by atoms with Crippen molar-refractivity contribution in [1.29, 1.82) is 0 Å². The molecule has 0 bridgehead atoms. The van der Waals surface area contributed by atoms with Gasteiger partial charge in [-0.2, -0.15) is 4.31 Å². The van der Waals surface area contributed by atoms with E-state index in [0.717, 1.165) is 23.9 Å². The Hall–Kier alpha value is -2.03. The first-order chi connectivity index (χ1) is 12.4. The van der Waals surface area contributed by atoms with E-state index in [2.05, 4.69) is 15.0 Å². The fourth-order valence-electron chi connectivity index (χ4n) is 3.27. The third-order valence-corrected chi connectivity index (χ3v) is 6.68. The number of halogens is 1. The topological polar surface area (TPSA) is 81.0 Å². The van der Waals surface area contributed by atoms with E-state index in [9.17, 15) is 8.42 Å². The molecule has 0 saturated carbocycles. The lowest BCUT2D eigenvalue weighted by molar-refractivity contribution is 0.316. The number of pyridine rings is 2. The molecule has 136 valence electrons. The number of sulfonamides is 1. The molecule has 4 heterocycles. The molecular weight excluding hydrogens is 374 g/mol. The highest BCUT2D eigenvalue weighted by Gasteiger charge is 2.31. The SMILES string of the molecule is Cn1cnc(S(=O)(=O)N2CCC(c3ccc4cc(Cl)cnc4n3)CC2)c1. The minimum absolute atomic E-state index is 0.100. The predicted molar refractivity (Wildman–Crippen MR) is 98.5 cm³/mol. The lowest BCUT2D eigenvalue weighted by atomic mass is 9.94. The first-order valence-electron chi connectivity index (χ1n) is 8.34. The molecule has 0 spiro atoms.